The molecule has 8 heteroatoms. The van der Waals surface area contributed by atoms with E-state index in [9.17, 15) is 4.79 Å². The van der Waals surface area contributed by atoms with Gasteiger partial charge in [0.25, 0.3) is 5.91 Å². The van der Waals surface area contributed by atoms with E-state index in [0.717, 1.165) is 52.6 Å². The second-order valence-electron chi connectivity index (χ2n) is 6.23. The Morgan fingerprint density at radius 3 is 3.08 bits per heavy atom. The highest BCUT2D eigenvalue weighted by Gasteiger charge is 2.28. The van der Waals surface area contributed by atoms with Gasteiger partial charge in [0.15, 0.2) is 0 Å². The number of carbonyl (C=O) groups is 1. The average molecular weight is 344 g/mol. The Bertz CT molecular complexity index is 816. The number of thioether (sulfide) groups is 1. The van der Waals surface area contributed by atoms with E-state index in [1.807, 2.05) is 24.2 Å². The molecular formula is C16H20N6OS. The number of nitrogens with one attached hydrogen (secondary N) is 1. The number of aryl methyl sites for hydroxylation is 1. The van der Waals surface area contributed by atoms with Gasteiger partial charge in [-0.25, -0.2) is 9.97 Å². The van der Waals surface area contributed by atoms with Crippen LogP contribution in [0.5, 0.6) is 0 Å². The number of fused-ring (bicyclic) bond motifs is 1. The maximum atomic E-state index is 12.7. The molecule has 1 fully saturated rings. The molecule has 2 aliphatic rings. The minimum Gasteiger partial charge on any atom is -0.346 e. The molecule has 0 unspecified atom stereocenters. The van der Waals surface area contributed by atoms with Gasteiger partial charge in [0.2, 0.25) is 0 Å². The molecule has 0 saturated carbocycles. The molecule has 1 amide bonds. The number of H-pyrrole nitrogens is 1. The maximum absolute atomic E-state index is 12.7. The van der Waals surface area contributed by atoms with Crippen molar-refractivity contribution in [3.05, 3.63) is 29.2 Å². The van der Waals surface area contributed by atoms with Gasteiger partial charge in [0.05, 0.1) is 10.3 Å². The largest absolute Gasteiger partial charge is 0.346 e. The second-order valence-corrected chi connectivity index (χ2v) is 7.36. The van der Waals surface area contributed by atoms with Crippen LogP contribution in [0.25, 0.3) is 11.0 Å². The molecule has 0 radical (unpaired) electrons. The molecule has 7 nitrogen and oxygen atoms in total. The van der Waals surface area contributed by atoms with Crippen LogP contribution >= 0.6 is 11.8 Å². The average Bonchev–Trinajstić information content (AvgIpc) is 3.21. The molecule has 0 aromatic carbocycles. The number of rotatable bonds is 2. The summed E-state index contributed by atoms with van der Waals surface area (Å²) in [6.45, 7) is 4.24. The van der Waals surface area contributed by atoms with Gasteiger partial charge in [-0.3, -0.25) is 4.79 Å². The second kappa shape index (κ2) is 6.10. The first kappa shape index (κ1) is 15.5. The number of aromatic amines is 1. The van der Waals surface area contributed by atoms with Gasteiger partial charge in [-0.15, -0.1) is 11.8 Å². The molecule has 0 aliphatic carbocycles. The van der Waals surface area contributed by atoms with Crippen molar-refractivity contribution in [3.63, 3.8) is 0 Å². The summed E-state index contributed by atoms with van der Waals surface area (Å²) >= 11 is 1.61. The van der Waals surface area contributed by atoms with Crippen molar-refractivity contribution < 1.29 is 4.79 Å². The van der Waals surface area contributed by atoms with E-state index in [-0.39, 0.29) is 11.9 Å². The van der Waals surface area contributed by atoms with E-state index in [1.54, 1.807) is 18.1 Å². The topological polar surface area (TPSA) is 91.1 Å². The first-order valence-corrected chi connectivity index (χ1v) is 9.07. The monoisotopic (exact) mass is 344 g/mol. The Kier molecular flexibility index (Phi) is 3.93. The molecule has 2 aromatic heterocycles. The van der Waals surface area contributed by atoms with Crippen molar-refractivity contribution in [2.45, 2.75) is 19.4 Å². The lowest BCUT2D eigenvalue weighted by Crippen LogP contribution is -2.35. The van der Waals surface area contributed by atoms with E-state index in [0.29, 0.717) is 6.54 Å². The minimum atomic E-state index is 0.0775. The number of anilines is 1. The summed E-state index contributed by atoms with van der Waals surface area (Å²) < 4.78 is 0. The number of amides is 1. The third-order valence-corrected chi connectivity index (χ3v) is 5.48. The van der Waals surface area contributed by atoms with Gasteiger partial charge < -0.3 is 20.5 Å². The van der Waals surface area contributed by atoms with Crippen molar-refractivity contribution in [2.75, 3.05) is 30.3 Å². The standard InChI is InChI=1S/C16H20N6OS/c1-10-6-18-14-13(10)15(20-9-19-14)21-4-5-24-12(8-21)16(23)22-3-2-11(17)7-22/h6,8-9,11H,2-5,7,17H2,1H3,(H,18,19,20)/t11-/m0/s1. The lowest BCUT2D eigenvalue weighted by atomic mass is 10.2. The Hall–Kier alpha value is -2.06. The fraction of sp³-hybridized carbons (Fsp3) is 0.438. The van der Waals surface area contributed by atoms with Crippen molar-refractivity contribution in [2.24, 2.45) is 5.73 Å². The molecule has 0 spiro atoms. The molecule has 4 rings (SSSR count). The number of nitrogens with two attached hydrogens (primary N) is 1. The first-order chi connectivity index (χ1) is 11.6. The summed E-state index contributed by atoms with van der Waals surface area (Å²) in [6.07, 6.45) is 6.30. The SMILES string of the molecule is Cc1c[nH]c2ncnc(N3C=C(C(=O)N4CC[C@H](N)C4)SCC3)c12. The van der Waals surface area contributed by atoms with Crippen molar-refractivity contribution in [1.82, 2.24) is 19.9 Å². The number of hydrogen-bond donors (Lipinski definition) is 2. The Morgan fingerprint density at radius 2 is 2.29 bits per heavy atom. The molecule has 126 valence electrons. The quantitative estimate of drug-likeness (QED) is 0.851. The summed E-state index contributed by atoms with van der Waals surface area (Å²) in [5, 5.41) is 1.01. The Labute approximate surface area is 144 Å². The fourth-order valence-corrected chi connectivity index (χ4v) is 4.19. The lowest BCUT2D eigenvalue weighted by molar-refractivity contribution is -0.125. The zero-order chi connectivity index (χ0) is 16.7. The molecule has 4 heterocycles. The van der Waals surface area contributed by atoms with Crippen LogP contribution in [0.1, 0.15) is 12.0 Å². The smallest absolute Gasteiger partial charge is 0.261 e. The van der Waals surface area contributed by atoms with Crippen LogP contribution in [0.15, 0.2) is 23.6 Å². The van der Waals surface area contributed by atoms with E-state index < -0.39 is 0 Å². The van der Waals surface area contributed by atoms with Gasteiger partial charge in [-0.1, -0.05) is 0 Å². The molecule has 2 aliphatic heterocycles. The van der Waals surface area contributed by atoms with Crippen LogP contribution in [0.2, 0.25) is 0 Å². The summed E-state index contributed by atoms with van der Waals surface area (Å²) in [4.78, 5) is 29.3. The van der Waals surface area contributed by atoms with Gasteiger partial charge >= 0.3 is 0 Å². The summed E-state index contributed by atoms with van der Waals surface area (Å²) in [7, 11) is 0. The van der Waals surface area contributed by atoms with Crippen molar-refractivity contribution >= 4 is 34.5 Å². The third-order valence-electron chi connectivity index (χ3n) is 4.50. The predicted octanol–water partition coefficient (Wildman–Crippen LogP) is 1.22. The van der Waals surface area contributed by atoms with Crippen LogP contribution in [-0.4, -0.2) is 57.2 Å². The fourth-order valence-electron chi connectivity index (χ4n) is 3.22. The van der Waals surface area contributed by atoms with Crippen LogP contribution in [0.4, 0.5) is 5.82 Å². The molecule has 24 heavy (non-hydrogen) atoms. The minimum absolute atomic E-state index is 0.0775. The molecule has 3 N–H and O–H groups in total. The first-order valence-electron chi connectivity index (χ1n) is 8.08. The normalized spacial score (nSPS) is 21.4. The Morgan fingerprint density at radius 1 is 1.42 bits per heavy atom. The van der Waals surface area contributed by atoms with Crippen LogP contribution in [-0.2, 0) is 4.79 Å². The van der Waals surface area contributed by atoms with Crippen LogP contribution in [0.3, 0.4) is 0 Å². The van der Waals surface area contributed by atoms with E-state index in [1.165, 1.54) is 0 Å². The highest BCUT2D eigenvalue weighted by molar-refractivity contribution is 8.04. The number of carbonyl (C=O) groups excluding carboxylic acids is 1. The van der Waals surface area contributed by atoms with Gasteiger partial charge in [0.1, 0.15) is 17.8 Å². The summed E-state index contributed by atoms with van der Waals surface area (Å²) in [5.41, 5.74) is 7.85. The number of likely N-dealkylation sites (tertiary alicyclic amines) is 1. The molecular weight excluding hydrogens is 324 g/mol. The predicted molar refractivity (Wildman–Crippen MR) is 95.7 cm³/mol. The lowest BCUT2D eigenvalue weighted by Gasteiger charge is -2.27. The maximum Gasteiger partial charge on any atom is 0.261 e. The number of hydrogen-bond acceptors (Lipinski definition) is 6. The molecule has 1 saturated heterocycles. The van der Waals surface area contributed by atoms with Crippen LogP contribution in [0, 0.1) is 6.92 Å². The number of nitrogens with zero attached hydrogens (tertiary/aromatic N) is 4. The third kappa shape index (κ3) is 2.65. The van der Waals surface area contributed by atoms with Crippen molar-refractivity contribution in [3.8, 4) is 0 Å². The number of aromatic nitrogens is 3. The zero-order valence-electron chi connectivity index (χ0n) is 13.5. The highest BCUT2D eigenvalue weighted by Crippen LogP contribution is 2.31. The molecule has 1 atom stereocenters. The van der Waals surface area contributed by atoms with Crippen molar-refractivity contribution in [1.29, 1.82) is 0 Å². The highest BCUT2D eigenvalue weighted by atomic mass is 32.2. The van der Waals surface area contributed by atoms with E-state index >= 15 is 0 Å². The van der Waals surface area contributed by atoms with Gasteiger partial charge in [0, 0.05) is 43.8 Å². The van der Waals surface area contributed by atoms with E-state index in [2.05, 4.69) is 19.9 Å². The Balaban J connectivity index is 1.66. The molecule has 2 aromatic rings. The summed E-state index contributed by atoms with van der Waals surface area (Å²) in [5.74, 6) is 1.78. The van der Waals surface area contributed by atoms with Gasteiger partial charge in [-0.2, -0.15) is 0 Å². The van der Waals surface area contributed by atoms with Gasteiger partial charge in [-0.05, 0) is 18.9 Å². The summed E-state index contributed by atoms with van der Waals surface area (Å²) in [6, 6.07) is 0.100. The van der Waals surface area contributed by atoms with Crippen LogP contribution < -0.4 is 10.6 Å². The zero-order valence-corrected chi connectivity index (χ0v) is 14.3. The molecule has 0 bridgehead atoms. The van der Waals surface area contributed by atoms with E-state index in [4.69, 9.17) is 5.73 Å².